The lowest BCUT2D eigenvalue weighted by Crippen LogP contribution is -2.03. The van der Waals surface area contributed by atoms with Crippen LogP contribution in [0.1, 0.15) is 33.4 Å². The molecule has 2 heteroatoms. The molecule has 0 spiro atoms. The topological polar surface area (TPSA) is 28.7 Å². The maximum atomic E-state index is 4.15. The minimum atomic E-state index is 0.488. The number of nitrogens with one attached hydrogen (secondary N) is 1. The van der Waals surface area contributed by atoms with E-state index in [9.17, 15) is 0 Å². The second kappa shape index (κ2) is 4.96. The molecule has 0 aliphatic carbocycles. The molecule has 1 aromatic rings. The third kappa shape index (κ3) is 3.08. The van der Waals surface area contributed by atoms with Gasteiger partial charge >= 0.3 is 0 Å². The van der Waals surface area contributed by atoms with Gasteiger partial charge in [0.15, 0.2) is 0 Å². The molecule has 1 aromatic heterocycles. The first-order valence-corrected chi connectivity index (χ1v) is 5.41. The fourth-order valence-electron chi connectivity index (χ4n) is 1.48. The average molecular weight is 204 g/mol. The van der Waals surface area contributed by atoms with Gasteiger partial charge in [-0.05, 0) is 29.1 Å². The van der Waals surface area contributed by atoms with Gasteiger partial charge in [0, 0.05) is 0 Å². The van der Waals surface area contributed by atoms with E-state index in [1.165, 1.54) is 11.1 Å². The Hall–Kier alpha value is -1.31. The SMILES string of the molecule is C=C(/C(=C\c1cnc[nH]1)C(C)C)C(C)C. The van der Waals surface area contributed by atoms with E-state index in [-0.39, 0.29) is 0 Å². The number of nitrogens with zero attached hydrogens (tertiary/aromatic N) is 1. The number of H-pyrrole nitrogens is 1. The van der Waals surface area contributed by atoms with Gasteiger partial charge in [0.1, 0.15) is 0 Å². The number of aromatic nitrogens is 2. The van der Waals surface area contributed by atoms with Gasteiger partial charge in [-0.3, -0.25) is 0 Å². The summed E-state index contributed by atoms with van der Waals surface area (Å²) < 4.78 is 0. The molecule has 0 amide bonds. The Bertz CT molecular complexity index is 343. The fourth-order valence-corrected chi connectivity index (χ4v) is 1.48. The van der Waals surface area contributed by atoms with Crippen molar-refractivity contribution in [1.29, 1.82) is 0 Å². The van der Waals surface area contributed by atoms with Gasteiger partial charge in [-0.2, -0.15) is 0 Å². The summed E-state index contributed by atoms with van der Waals surface area (Å²) in [7, 11) is 0. The Morgan fingerprint density at radius 3 is 2.40 bits per heavy atom. The highest BCUT2D eigenvalue weighted by Crippen LogP contribution is 2.25. The zero-order valence-corrected chi connectivity index (χ0v) is 10.0. The Morgan fingerprint density at radius 1 is 1.33 bits per heavy atom. The van der Waals surface area contributed by atoms with Crippen molar-refractivity contribution in [2.24, 2.45) is 11.8 Å². The van der Waals surface area contributed by atoms with Crippen molar-refractivity contribution in [3.8, 4) is 0 Å². The van der Waals surface area contributed by atoms with Crippen molar-refractivity contribution in [3.63, 3.8) is 0 Å². The summed E-state index contributed by atoms with van der Waals surface area (Å²) in [4.78, 5) is 7.10. The molecule has 1 rings (SSSR count). The third-order valence-corrected chi connectivity index (χ3v) is 2.52. The van der Waals surface area contributed by atoms with E-state index < -0.39 is 0 Å². The number of hydrogen-bond donors (Lipinski definition) is 1. The second-order valence-electron chi connectivity index (χ2n) is 4.44. The lowest BCUT2D eigenvalue weighted by atomic mass is 9.89. The highest BCUT2D eigenvalue weighted by atomic mass is 14.8. The Morgan fingerprint density at radius 2 is 2.00 bits per heavy atom. The summed E-state index contributed by atoms with van der Waals surface area (Å²) in [5.74, 6) is 0.977. The number of hydrogen-bond acceptors (Lipinski definition) is 1. The zero-order chi connectivity index (χ0) is 11.4. The molecule has 0 aliphatic rings. The number of aromatic amines is 1. The number of allylic oxidation sites excluding steroid dienone is 2. The molecule has 2 nitrogen and oxygen atoms in total. The summed E-state index contributed by atoms with van der Waals surface area (Å²) in [5, 5.41) is 0. The van der Waals surface area contributed by atoms with Crippen molar-refractivity contribution < 1.29 is 0 Å². The molecule has 0 saturated carbocycles. The van der Waals surface area contributed by atoms with E-state index in [2.05, 4.69) is 50.3 Å². The van der Waals surface area contributed by atoms with Crippen LogP contribution in [0.5, 0.6) is 0 Å². The third-order valence-electron chi connectivity index (χ3n) is 2.52. The van der Waals surface area contributed by atoms with Crippen LogP contribution < -0.4 is 0 Å². The smallest absolute Gasteiger partial charge is 0.0924 e. The maximum absolute atomic E-state index is 4.15. The summed E-state index contributed by atoms with van der Waals surface area (Å²) in [5.41, 5.74) is 3.55. The van der Waals surface area contributed by atoms with Crippen LogP contribution in [0, 0.1) is 11.8 Å². The Kier molecular flexibility index (Phi) is 3.89. The molecule has 0 aromatic carbocycles. The van der Waals surface area contributed by atoms with Crippen molar-refractivity contribution >= 4 is 6.08 Å². The van der Waals surface area contributed by atoms with Crippen LogP contribution in [0.25, 0.3) is 6.08 Å². The molecular weight excluding hydrogens is 184 g/mol. The Labute approximate surface area is 92.1 Å². The highest BCUT2D eigenvalue weighted by molar-refractivity contribution is 5.55. The van der Waals surface area contributed by atoms with Crippen LogP contribution in [0.4, 0.5) is 0 Å². The maximum Gasteiger partial charge on any atom is 0.0924 e. The molecule has 0 saturated heterocycles. The van der Waals surface area contributed by atoms with Crippen LogP contribution in [0.3, 0.4) is 0 Å². The van der Waals surface area contributed by atoms with Gasteiger partial charge in [0.25, 0.3) is 0 Å². The van der Waals surface area contributed by atoms with Crippen LogP contribution >= 0.6 is 0 Å². The fraction of sp³-hybridized carbons (Fsp3) is 0.462. The van der Waals surface area contributed by atoms with Crippen molar-refractivity contribution in [2.45, 2.75) is 27.7 Å². The molecule has 0 atom stereocenters. The van der Waals surface area contributed by atoms with Crippen molar-refractivity contribution in [3.05, 3.63) is 35.9 Å². The summed E-state index contributed by atoms with van der Waals surface area (Å²) in [6, 6.07) is 0. The molecule has 82 valence electrons. The predicted octanol–water partition coefficient (Wildman–Crippen LogP) is 3.66. The molecule has 1 N–H and O–H groups in total. The lowest BCUT2D eigenvalue weighted by Gasteiger charge is -2.17. The highest BCUT2D eigenvalue weighted by Gasteiger charge is 2.11. The first-order chi connectivity index (χ1) is 7.02. The van der Waals surface area contributed by atoms with Crippen molar-refractivity contribution in [1.82, 2.24) is 9.97 Å². The van der Waals surface area contributed by atoms with Gasteiger partial charge < -0.3 is 4.98 Å². The predicted molar refractivity (Wildman–Crippen MR) is 65.4 cm³/mol. The van der Waals surface area contributed by atoms with Gasteiger partial charge in [0.2, 0.25) is 0 Å². The molecule has 0 bridgehead atoms. The largest absolute Gasteiger partial charge is 0.345 e. The second-order valence-corrected chi connectivity index (χ2v) is 4.44. The van der Waals surface area contributed by atoms with Crippen LogP contribution in [0.2, 0.25) is 0 Å². The van der Waals surface area contributed by atoms with E-state index in [0.717, 1.165) is 5.69 Å². The monoisotopic (exact) mass is 204 g/mol. The number of rotatable bonds is 4. The molecule has 0 fully saturated rings. The number of imidazole rings is 1. The molecule has 0 aliphatic heterocycles. The van der Waals surface area contributed by atoms with Gasteiger partial charge in [0.05, 0.1) is 18.2 Å². The van der Waals surface area contributed by atoms with E-state index in [1.54, 1.807) is 6.33 Å². The quantitative estimate of drug-likeness (QED) is 0.745. The van der Waals surface area contributed by atoms with E-state index >= 15 is 0 Å². The van der Waals surface area contributed by atoms with Crippen LogP contribution in [0.15, 0.2) is 30.2 Å². The summed E-state index contributed by atoms with van der Waals surface area (Å²) in [6.07, 6.45) is 5.66. The van der Waals surface area contributed by atoms with Crippen molar-refractivity contribution in [2.75, 3.05) is 0 Å². The summed E-state index contributed by atoms with van der Waals surface area (Å²) >= 11 is 0. The summed E-state index contributed by atoms with van der Waals surface area (Å²) in [6.45, 7) is 12.9. The minimum Gasteiger partial charge on any atom is -0.345 e. The average Bonchev–Trinajstić information content (AvgIpc) is 2.64. The molecule has 15 heavy (non-hydrogen) atoms. The van der Waals surface area contributed by atoms with Gasteiger partial charge in [-0.15, -0.1) is 0 Å². The zero-order valence-electron chi connectivity index (χ0n) is 10.0. The molecule has 1 heterocycles. The molecule has 0 radical (unpaired) electrons. The van der Waals surface area contributed by atoms with E-state index in [4.69, 9.17) is 0 Å². The molecular formula is C13H20N2. The normalized spacial score (nSPS) is 12.5. The van der Waals surface area contributed by atoms with Gasteiger partial charge in [-0.1, -0.05) is 34.3 Å². The van der Waals surface area contributed by atoms with E-state index in [1.807, 2.05) is 6.20 Å². The van der Waals surface area contributed by atoms with Crippen LogP contribution in [-0.4, -0.2) is 9.97 Å². The standard InChI is InChI=1S/C13H20N2/c1-9(2)11(5)13(10(3)4)6-12-7-14-8-15-12/h6-10H,5H2,1-4H3,(H,14,15)/b13-6-. The lowest BCUT2D eigenvalue weighted by molar-refractivity contribution is 0.709. The minimum absolute atomic E-state index is 0.488. The van der Waals surface area contributed by atoms with Crippen LogP contribution in [-0.2, 0) is 0 Å². The van der Waals surface area contributed by atoms with Gasteiger partial charge in [-0.25, -0.2) is 4.98 Å². The first-order valence-electron chi connectivity index (χ1n) is 5.41. The molecule has 0 unspecified atom stereocenters. The first kappa shape index (κ1) is 11.8. The van der Waals surface area contributed by atoms with E-state index in [0.29, 0.717) is 11.8 Å². The Balaban J connectivity index is 2.98.